The fraction of sp³-hybridized carbons (Fsp3) is 0.367. The molecule has 3 aromatic carbocycles. The van der Waals surface area contributed by atoms with Crippen LogP contribution >= 0.6 is 0 Å². The Bertz CT molecular complexity index is 993. The highest BCUT2D eigenvalue weighted by Crippen LogP contribution is 2.41. The van der Waals surface area contributed by atoms with Gasteiger partial charge in [-0.3, -0.25) is 4.79 Å². The number of ether oxygens (including phenoxy) is 2. The maximum Gasteiger partial charge on any atom is 0.303 e. The van der Waals surface area contributed by atoms with E-state index in [4.69, 9.17) is 14.6 Å². The summed E-state index contributed by atoms with van der Waals surface area (Å²) in [7, 11) is 6.09. The lowest BCUT2D eigenvalue weighted by molar-refractivity contribution is -0.891. The third-order valence-corrected chi connectivity index (χ3v) is 6.53. The van der Waals surface area contributed by atoms with Crippen molar-refractivity contribution in [3.05, 3.63) is 102 Å². The number of nitrogens with zero attached hydrogens (tertiary/aromatic N) is 1. The highest BCUT2D eigenvalue weighted by Gasteiger charge is 2.38. The van der Waals surface area contributed by atoms with E-state index in [1.54, 1.807) is 7.11 Å². The number of benzene rings is 3. The van der Waals surface area contributed by atoms with E-state index >= 15 is 0 Å². The number of carbonyl (C=O) groups is 1. The minimum atomic E-state index is -0.754. The van der Waals surface area contributed by atoms with Crippen LogP contribution in [0.5, 0.6) is 5.75 Å². The summed E-state index contributed by atoms with van der Waals surface area (Å²) in [5.74, 6) is 0.0910. The molecule has 0 aliphatic heterocycles. The molecule has 5 nitrogen and oxygen atoms in total. The molecule has 3 rings (SSSR count). The Morgan fingerprint density at radius 3 is 1.83 bits per heavy atom. The van der Waals surface area contributed by atoms with Gasteiger partial charge in [0, 0.05) is 6.42 Å². The third kappa shape index (κ3) is 7.17. The smallest absolute Gasteiger partial charge is 0.303 e. The Morgan fingerprint density at radius 1 is 0.771 bits per heavy atom. The lowest BCUT2D eigenvalue weighted by Crippen LogP contribution is -2.45. The average molecular weight is 477 g/mol. The molecule has 0 saturated heterocycles. The van der Waals surface area contributed by atoms with Crippen molar-refractivity contribution in [2.24, 2.45) is 0 Å². The second kappa shape index (κ2) is 12.5. The van der Waals surface area contributed by atoms with Gasteiger partial charge >= 0.3 is 5.97 Å². The molecule has 0 bridgehead atoms. The molecule has 0 atom stereocenters. The van der Waals surface area contributed by atoms with E-state index in [0.29, 0.717) is 6.61 Å². The van der Waals surface area contributed by atoms with Crippen molar-refractivity contribution < 1.29 is 23.9 Å². The molecule has 0 aliphatic rings. The topological polar surface area (TPSA) is 55.8 Å². The van der Waals surface area contributed by atoms with Gasteiger partial charge in [0.05, 0.1) is 34.4 Å². The van der Waals surface area contributed by atoms with E-state index in [-0.39, 0.29) is 6.42 Å². The monoisotopic (exact) mass is 476 g/mol. The van der Waals surface area contributed by atoms with Crippen LogP contribution < -0.4 is 4.74 Å². The first kappa shape index (κ1) is 26.5. The van der Waals surface area contributed by atoms with E-state index in [2.05, 4.69) is 74.8 Å². The van der Waals surface area contributed by atoms with Gasteiger partial charge in [0.2, 0.25) is 0 Å². The highest BCUT2D eigenvalue weighted by molar-refractivity contribution is 5.66. The minimum absolute atomic E-state index is 0.245. The molecule has 186 valence electrons. The Hall–Kier alpha value is -3.15. The van der Waals surface area contributed by atoms with Crippen LogP contribution in [0.1, 0.15) is 42.4 Å². The van der Waals surface area contributed by atoms with Crippen LogP contribution in [0, 0.1) is 0 Å². The summed E-state index contributed by atoms with van der Waals surface area (Å²) in [4.78, 5) is 10.8. The number of carboxylic acid groups (broad SMARTS) is 1. The summed E-state index contributed by atoms with van der Waals surface area (Å²) >= 11 is 0. The van der Waals surface area contributed by atoms with Crippen molar-refractivity contribution in [3.8, 4) is 5.75 Å². The van der Waals surface area contributed by atoms with Gasteiger partial charge in [0.1, 0.15) is 17.9 Å². The van der Waals surface area contributed by atoms with Gasteiger partial charge in [-0.2, -0.15) is 0 Å². The van der Waals surface area contributed by atoms with Crippen molar-refractivity contribution in [2.75, 3.05) is 40.9 Å². The molecular weight excluding hydrogens is 438 g/mol. The van der Waals surface area contributed by atoms with Crippen LogP contribution in [0.25, 0.3) is 0 Å². The molecule has 5 heteroatoms. The first-order valence-corrected chi connectivity index (χ1v) is 12.3. The predicted molar refractivity (Wildman–Crippen MR) is 140 cm³/mol. The van der Waals surface area contributed by atoms with Gasteiger partial charge < -0.3 is 19.1 Å². The molecule has 0 amide bonds. The van der Waals surface area contributed by atoms with Crippen LogP contribution in [0.15, 0.2) is 84.9 Å². The van der Waals surface area contributed by atoms with Crippen LogP contribution in [-0.4, -0.2) is 56.5 Å². The van der Waals surface area contributed by atoms with E-state index in [9.17, 15) is 4.79 Å². The normalized spacial score (nSPS) is 11.9. The summed E-state index contributed by atoms with van der Waals surface area (Å²) in [6.07, 6.45) is 2.91. The molecule has 0 saturated carbocycles. The number of aliphatic carboxylic acids is 1. The largest absolute Gasteiger partial charge is 0.497 e. The molecule has 0 fully saturated rings. The van der Waals surface area contributed by atoms with Crippen LogP contribution in [0.4, 0.5) is 0 Å². The number of methoxy groups -OCH3 is 1. The molecule has 0 unspecified atom stereocenters. The van der Waals surface area contributed by atoms with Gasteiger partial charge in [-0.25, -0.2) is 0 Å². The molecule has 3 aromatic rings. The quantitative estimate of drug-likeness (QED) is 0.184. The lowest BCUT2D eigenvalue weighted by atomic mass is 9.80. The molecular formula is C30H38NO4+. The number of quaternary nitrogens is 1. The van der Waals surface area contributed by atoms with E-state index in [0.717, 1.165) is 59.3 Å². The van der Waals surface area contributed by atoms with Gasteiger partial charge in [-0.1, -0.05) is 72.8 Å². The SMILES string of the molecule is COc1ccc(C(OCC[N+](C)(C)CCCCCC(=O)O)(c2ccccc2)c2ccccc2)cc1. The van der Waals surface area contributed by atoms with Gasteiger partial charge in [0.25, 0.3) is 0 Å². The van der Waals surface area contributed by atoms with Crippen molar-refractivity contribution >= 4 is 5.97 Å². The van der Waals surface area contributed by atoms with Gasteiger partial charge in [-0.15, -0.1) is 0 Å². The zero-order valence-corrected chi connectivity index (χ0v) is 21.2. The first-order valence-electron chi connectivity index (χ1n) is 12.3. The Morgan fingerprint density at radius 2 is 1.31 bits per heavy atom. The number of hydrogen-bond donors (Lipinski definition) is 1. The Kier molecular flexibility index (Phi) is 9.47. The number of rotatable bonds is 14. The summed E-state index contributed by atoms with van der Waals surface area (Å²) in [5.41, 5.74) is 2.45. The molecule has 0 spiro atoms. The summed E-state index contributed by atoms with van der Waals surface area (Å²) in [6, 6.07) is 28.9. The zero-order valence-electron chi connectivity index (χ0n) is 21.2. The average Bonchev–Trinajstić information content (AvgIpc) is 2.87. The molecule has 0 radical (unpaired) electrons. The summed E-state index contributed by atoms with van der Waals surface area (Å²) in [5, 5.41) is 8.85. The Balaban J connectivity index is 1.85. The number of carboxylic acids is 1. The first-order chi connectivity index (χ1) is 16.9. The third-order valence-electron chi connectivity index (χ3n) is 6.53. The number of hydrogen-bond acceptors (Lipinski definition) is 3. The zero-order chi connectivity index (χ0) is 25.2. The number of likely N-dealkylation sites (N-methyl/N-ethyl adjacent to an activating group) is 1. The molecule has 1 N–H and O–H groups in total. The standard InChI is InChI=1S/C30H37NO4/c1-31(2,22-12-6-11-17-29(32)33)23-24-35-30(25-13-7-4-8-14-25,26-15-9-5-10-16-26)27-18-20-28(34-3)21-19-27/h4-5,7-10,13-16,18-21H,6,11-12,17,22-24H2,1-3H3/p+1. The maximum absolute atomic E-state index is 10.8. The molecule has 35 heavy (non-hydrogen) atoms. The van der Waals surface area contributed by atoms with Crippen LogP contribution in [0.2, 0.25) is 0 Å². The van der Waals surface area contributed by atoms with Crippen LogP contribution in [0.3, 0.4) is 0 Å². The minimum Gasteiger partial charge on any atom is -0.497 e. The molecule has 0 heterocycles. The van der Waals surface area contributed by atoms with Crippen molar-refractivity contribution in [2.45, 2.75) is 31.3 Å². The van der Waals surface area contributed by atoms with Gasteiger partial charge in [-0.05, 0) is 48.1 Å². The van der Waals surface area contributed by atoms with Crippen LogP contribution in [-0.2, 0) is 15.1 Å². The van der Waals surface area contributed by atoms with Gasteiger partial charge in [0.15, 0.2) is 0 Å². The lowest BCUT2D eigenvalue weighted by Gasteiger charge is -2.37. The van der Waals surface area contributed by atoms with E-state index < -0.39 is 11.6 Å². The van der Waals surface area contributed by atoms with E-state index in [1.807, 2.05) is 24.3 Å². The second-order valence-corrected chi connectivity index (χ2v) is 9.58. The predicted octanol–water partition coefficient (Wildman–Crippen LogP) is 5.73. The summed E-state index contributed by atoms with van der Waals surface area (Å²) < 4.78 is 13.1. The Labute approximate surface area is 209 Å². The second-order valence-electron chi connectivity index (χ2n) is 9.58. The van der Waals surface area contributed by atoms with Crippen molar-refractivity contribution in [1.82, 2.24) is 0 Å². The fourth-order valence-corrected chi connectivity index (χ4v) is 4.47. The number of unbranched alkanes of at least 4 members (excludes halogenated alkanes) is 2. The van der Waals surface area contributed by atoms with E-state index in [1.165, 1.54) is 0 Å². The summed E-state index contributed by atoms with van der Waals surface area (Å²) in [6.45, 7) is 2.39. The van der Waals surface area contributed by atoms with Crippen molar-refractivity contribution in [1.29, 1.82) is 0 Å². The van der Waals surface area contributed by atoms with Crippen molar-refractivity contribution in [3.63, 3.8) is 0 Å². The molecule has 0 aromatic heterocycles. The molecule has 0 aliphatic carbocycles. The maximum atomic E-state index is 10.8. The fourth-order valence-electron chi connectivity index (χ4n) is 4.47. The highest BCUT2D eigenvalue weighted by atomic mass is 16.5.